The van der Waals surface area contributed by atoms with Gasteiger partial charge < -0.3 is 24.8 Å². The van der Waals surface area contributed by atoms with Gasteiger partial charge in [0, 0.05) is 51.9 Å². The van der Waals surface area contributed by atoms with Gasteiger partial charge in [-0.05, 0) is 11.6 Å². The molecule has 1 aliphatic heterocycles. The summed E-state index contributed by atoms with van der Waals surface area (Å²) in [5.74, 6) is 1.79. The fourth-order valence-electron chi connectivity index (χ4n) is 3.21. The Balaban J connectivity index is 1.52. The van der Waals surface area contributed by atoms with Gasteiger partial charge in [0.1, 0.15) is 12.2 Å². The summed E-state index contributed by atoms with van der Waals surface area (Å²) >= 11 is 0. The normalized spacial score (nSPS) is 15.0. The van der Waals surface area contributed by atoms with Gasteiger partial charge in [0.15, 0.2) is 5.96 Å². The number of anilines is 1. The summed E-state index contributed by atoms with van der Waals surface area (Å²) in [6.07, 6.45) is 2.65. The van der Waals surface area contributed by atoms with Crippen LogP contribution in [-0.2, 0) is 24.2 Å². The van der Waals surface area contributed by atoms with Crippen molar-refractivity contribution in [3.8, 4) is 0 Å². The Labute approximate surface area is 160 Å². The molecule has 3 rings (SSSR count). The number of hydrogen-bond acceptors (Lipinski definition) is 5. The topological polar surface area (TPSA) is 79.6 Å². The lowest BCUT2D eigenvalue weighted by molar-refractivity contribution is 0.122. The first-order valence-corrected chi connectivity index (χ1v) is 9.53. The van der Waals surface area contributed by atoms with Crippen molar-refractivity contribution in [2.75, 3.05) is 44.8 Å². The van der Waals surface area contributed by atoms with Crippen LogP contribution in [0.3, 0.4) is 0 Å². The van der Waals surface area contributed by atoms with Crippen LogP contribution in [0.4, 0.5) is 5.69 Å². The number of aromatic nitrogens is 3. The maximum atomic E-state index is 5.47. The van der Waals surface area contributed by atoms with E-state index in [1.54, 1.807) is 13.4 Å². The number of morpholine rings is 1. The molecule has 0 amide bonds. The van der Waals surface area contributed by atoms with Crippen molar-refractivity contribution in [2.24, 2.45) is 4.99 Å². The zero-order valence-corrected chi connectivity index (χ0v) is 16.2. The maximum Gasteiger partial charge on any atom is 0.191 e. The first-order valence-electron chi connectivity index (χ1n) is 9.53. The third-order valence-corrected chi connectivity index (χ3v) is 4.67. The summed E-state index contributed by atoms with van der Waals surface area (Å²) in [6.45, 7) is 7.81. The Morgan fingerprint density at radius 3 is 2.81 bits per heavy atom. The third kappa shape index (κ3) is 5.19. The van der Waals surface area contributed by atoms with Crippen molar-refractivity contribution in [3.63, 3.8) is 0 Å². The van der Waals surface area contributed by atoms with Crippen molar-refractivity contribution < 1.29 is 4.74 Å². The third-order valence-electron chi connectivity index (χ3n) is 4.67. The summed E-state index contributed by atoms with van der Waals surface area (Å²) in [5, 5.41) is 14.8. The molecule has 0 bridgehead atoms. The van der Waals surface area contributed by atoms with E-state index in [2.05, 4.69) is 66.5 Å². The summed E-state index contributed by atoms with van der Waals surface area (Å²) < 4.78 is 7.53. The summed E-state index contributed by atoms with van der Waals surface area (Å²) in [4.78, 5) is 6.71. The van der Waals surface area contributed by atoms with Gasteiger partial charge in [-0.3, -0.25) is 4.99 Å². The molecule has 1 fully saturated rings. The highest BCUT2D eigenvalue weighted by Crippen LogP contribution is 2.21. The van der Waals surface area contributed by atoms with Gasteiger partial charge in [-0.25, -0.2) is 0 Å². The number of nitrogens with one attached hydrogen (secondary N) is 2. The Morgan fingerprint density at radius 1 is 1.22 bits per heavy atom. The Morgan fingerprint density at radius 2 is 2.04 bits per heavy atom. The first kappa shape index (κ1) is 19.2. The van der Waals surface area contributed by atoms with Crippen LogP contribution < -0.4 is 15.5 Å². The largest absolute Gasteiger partial charge is 0.378 e. The molecule has 0 saturated carbocycles. The van der Waals surface area contributed by atoms with Crippen LogP contribution in [0.5, 0.6) is 0 Å². The minimum atomic E-state index is 0.722. The second-order valence-corrected chi connectivity index (χ2v) is 6.37. The number of guanidine groups is 1. The average molecular weight is 371 g/mol. The van der Waals surface area contributed by atoms with Gasteiger partial charge in [-0.1, -0.05) is 25.1 Å². The predicted octanol–water partition coefficient (Wildman–Crippen LogP) is 1.04. The standard InChI is InChI=1S/C19H29N7O/c1-3-18-24-23-15-26(18)9-8-21-19(20-2)22-14-16-6-4-5-7-17(16)25-10-12-27-13-11-25/h4-7,15H,3,8-14H2,1-2H3,(H2,20,21,22). The van der Waals surface area contributed by atoms with E-state index in [0.29, 0.717) is 0 Å². The molecule has 1 aliphatic rings. The van der Waals surface area contributed by atoms with Gasteiger partial charge in [-0.15, -0.1) is 10.2 Å². The lowest BCUT2D eigenvalue weighted by Gasteiger charge is -2.30. The molecule has 2 heterocycles. The molecule has 0 spiro atoms. The number of benzene rings is 1. The van der Waals surface area contributed by atoms with Gasteiger partial charge in [0.05, 0.1) is 13.2 Å². The molecule has 0 aliphatic carbocycles. The number of hydrogen-bond donors (Lipinski definition) is 2. The second kappa shape index (κ2) is 9.91. The van der Waals surface area contributed by atoms with Gasteiger partial charge in [-0.2, -0.15) is 0 Å². The van der Waals surface area contributed by atoms with Crippen LogP contribution >= 0.6 is 0 Å². The van der Waals surface area contributed by atoms with E-state index in [-0.39, 0.29) is 0 Å². The van der Waals surface area contributed by atoms with E-state index in [1.807, 2.05) is 0 Å². The molecule has 1 saturated heterocycles. The fourth-order valence-corrected chi connectivity index (χ4v) is 3.21. The number of rotatable bonds is 7. The second-order valence-electron chi connectivity index (χ2n) is 6.37. The minimum absolute atomic E-state index is 0.722. The van der Waals surface area contributed by atoms with Crippen LogP contribution in [0.2, 0.25) is 0 Å². The van der Waals surface area contributed by atoms with E-state index in [1.165, 1.54) is 11.3 Å². The molecule has 146 valence electrons. The van der Waals surface area contributed by atoms with E-state index >= 15 is 0 Å². The number of aryl methyl sites for hydroxylation is 1. The Hall–Kier alpha value is -2.61. The van der Waals surface area contributed by atoms with Crippen LogP contribution in [0, 0.1) is 0 Å². The lowest BCUT2D eigenvalue weighted by atomic mass is 10.1. The first-order chi connectivity index (χ1) is 13.3. The molecule has 8 heteroatoms. The van der Waals surface area contributed by atoms with E-state index < -0.39 is 0 Å². The highest BCUT2D eigenvalue weighted by atomic mass is 16.5. The zero-order chi connectivity index (χ0) is 18.9. The van der Waals surface area contributed by atoms with Crippen LogP contribution in [-0.4, -0.2) is 60.6 Å². The highest BCUT2D eigenvalue weighted by molar-refractivity contribution is 5.79. The van der Waals surface area contributed by atoms with Crippen LogP contribution in [0.15, 0.2) is 35.6 Å². The SMILES string of the molecule is CCc1nncn1CCNC(=NC)NCc1ccccc1N1CCOCC1. The average Bonchev–Trinajstić information content (AvgIpc) is 3.19. The number of nitrogens with zero attached hydrogens (tertiary/aromatic N) is 5. The van der Waals surface area contributed by atoms with Crippen molar-refractivity contribution in [3.05, 3.63) is 42.0 Å². The lowest BCUT2D eigenvalue weighted by Crippen LogP contribution is -2.40. The molecule has 1 aromatic carbocycles. The van der Waals surface area contributed by atoms with Gasteiger partial charge >= 0.3 is 0 Å². The highest BCUT2D eigenvalue weighted by Gasteiger charge is 2.14. The molecular weight excluding hydrogens is 342 g/mol. The Kier molecular flexibility index (Phi) is 7.04. The minimum Gasteiger partial charge on any atom is -0.378 e. The molecule has 2 aromatic rings. The predicted molar refractivity (Wildman–Crippen MR) is 107 cm³/mol. The molecule has 0 unspecified atom stereocenters. The van der Waals surface area contributed by atoms with Crippen molar-refractivity contribution in [1.82, 2.24) is 25.4 Å². The summed E-state index contributed by atoms with van der Waals surface area (Å²) in [7, 11) is 1.79. The Bertz CT molecular complexity index is 737. The number of para-hydroxylation sites is 1. The number of aliphatic imine (C=N–C) groups is 1. The van der Waals surface area contributed by atoms with Crippen molar-refractivity contribution >= 4 is 11.6 Å². The molecule has 8 nitrogen and oxygen atoms in total. The van der Waals surface area contributed by atoms with Crippen LogP contribution in [0.1, 0.15) is 18.3 Å². The summed E-state index contributed by atoms with van der Waals surface area (Å²) in [6, 6.07) is 8.51. The molecule has 0 radical (unpaired) electrons. The van der Waals surface area contributed by atoms with E-state index in [9.17, 15) is 0 Å². The number of ether oxygens (including phenoxy) is 1. The van der Waals surface area contributed by atoms with Gasteiger partial charge in [0.25, 0.3) is 0 Å². The molecule has 1 aromatic heterocycles. The quantitative estimate of drug-likeness (QED) is 0.559. The van der Waals surface area contributed by atoms with E-state index in [4.69, 9.17) is 4.74 Å². The smallest absolute Gasteiger partial charge is 0.191 e. The monoisotopic (exact) mass is 371 g/mol. The molecule has 2 N–H and O–H groups in total. The maximum absolute atomic E-state index is 5.47. The van der Waals surface area contributed by atoms with Crippen molar-refractivity contribution in [2.45, 2.75) is 26.4 Å². The summed E-state index contributed by atoms with van der Waals surface area (Å²) in [5.41, 5.74) is 2.52. The van der Waals surface area contributed by atoms with Crippen molar-refractivity contribution in [1.29, 1.82) is 0 Å². The van der Waals surface area contributed by atoms with E-state index in [0.717, 1.165) is 64.1 Å². The molecular formula is C19H29N7O. The molecule has 0 atom stereocenters. The van der Waals surface area contributed by atoms with Crippen LogP contribution in [0.25, 0.3) is 0 Å². The molecule has 27 heavy (non-hydrogen) atoms. The van der Waals surface area contributed by atoms with Gasteiger partial charge in [0.2, 0.25) is 0 Å². The zero-order valence-electron chi connectivity index (χ0n) is 16.2. The fraction of sp³-hybridized carbons (Fsp3) is 0.526.